The number of amides is 1. The van der Waals surface area contributed by atoms with Crippen LogP contribution < -0.4 is 14.8 Å². The van der Waals surface area contributed by atoms with Gasteiger partial charge in [-0.15, -0.1) is 0 Å². The molecule has 4 aromatic rings. The summed E-state index contributed by atoms with van der Waals surface area (Å²) in [6.07, 6.45) is -0.970. The molecule has 0 spiro atoms. The van der Waals surface area contributed by atoms with Crippen molar-refractivity contribution in [3.63, 3.8) is 0 Å². The van der Waals surface area contributed by atoms with Crippen LogP contribution in [0.4, 0.5) is 18.9 Å². The van der Waals surface area contributed by atoms with Gasteiger partial charge in [-0.3, -0.25) is 4.79 Å². The zero-order valence-electron chi connectivity index (χ0n) is 22.9. The van der Waals surface area contributed by atoms with Crippen molar-refractivity contribution in [3.05, 3.63) is 78.1 Å². The molecule has 3 aromatic carbocycles. The summed E-state index contributed by atoms with van der Waals surface area (Å²) < 4.78 is 50.4. The normalized spacial score (nSPS) is 14.7. The predicted molar refractivity (Wildman–Crippen MR) is 151 cm³/mol. The summed E-state index contributed by atoms with van der Waals surface area (Å²) >= 11 is 0. The number of halogens is 3. The van der Waals surface area contributed by atoms with Crippen LogP contribution in [0, 0.1) is 0 Å². The van der Waals surface area contributed by atoms with E-state index >= 15 is 0 Å². The topological polar surface area (TPSA) is 76.6 Å². The molecule has 7 nitrogen and oxygen atoms in total. The fourth-order valence-electron chi connectivity index (χ4n) is 4.98. The smallest absolute Gasteiger partial charge is 0.416 e. The summed E-state index contributed by atoms with van der Waals surface area (Å²) in [6.45, 7) is 5.20. The van der Waals surface area contributed by atoms with Gasteiger partial charge in [-0.05, 0) is 55.3 Å². The number of likely N-dealkylation sites (tertiary alicyclic amines) is 1. The summed E-state index contributed by atoms with van der Waals surface area (Å²) in [5.41, 5.74) is 2.56. The van der Waals surface area contributed by atoms with Crippen LogP contribution in [0.2, 0.25) is 0 Å². The third kappa shape index (κ3) is 6.77. The number of anilines is 1. The molecule has 1 amide bonds. The maximum absolute atomic E-state index is 12.8. The fourth-order valence-corrected chi connectivity index (χ4v) is 4.98. The molecule has 1 aromatic heterocycles. The van der Waals surface area contributed by atoms with E-state index in [2.05, 4.69) is 27.1 Å². The predicted octanol–water partition coefficient (Wildman–Crippen LogP) is 6.37. The Balaban J connectivity index is 1.31. The Morgan fingerprint density at radius 3 is 2.34 bits per heavy atom. The standard InChI is InChI=1S/C31H31F3N4O3/c1-3-38-14-12-24(13-15-38)41-28-17-25-26(18-27(28)40-2)35-19-36-30(25)21-6-10-23(11-7-21)37-29(39)16-20-4-8-22(9-5-20)31(32,33)34/h4-11,17-19,24H,3,12-16H2,1-2H3,(H,37,39). The minimum absolute atomic E-state index is 0.0431. The van der Waals surface area contributed by atoms with Crippen molar-refractivity contribution in [1.29, 1.82) is 0 Å². The molecule has 10 heteroatoms. The van der Waals surface area contributed by atoms with Crippen LogP contribution in [0.3, 0.4) is 0 Å². The molecule has 0 unspecified atom stereocenters. The zero-order valence-corrected chi connectivity index (χ0v) is 22.9. The van der Waals surface area contributed by atoms with Crippen molar-refractivity contribution in [2.75, 3.05) is 32.1 Å². The van der Waals surface area contributed by atoms with Gasteiger partial charge in [0, 0.05) is 35.8 Å². The number of carbonyl (C=O) groups is 1. The summed E-state index contributed by atoms with van der Waals surface area (Å²) in [5.74, 6) is 0.938. The number of nitrogens with zero attached hydrogens (tertiary/aromatic N) is 3. The lowest BCUT2D eigenvalue weighted by molar-refractivity contribution is -0.137. The quantitative estimate of drug-likeness (QED) is 0.268. The molecule has 1 aliphatic rings. The van der Waals surface area contributed by atoms with Gasteiger partial charge >= 0.3 is 6.18 Å². The van der Waals surface area contributed by atoms with E-state index in [1.807, 2.05) is 24.3 Å². The Bertz CT molecular complexity index is 1500. The highest BCUT2D eigenvalue weighted by Crippen LogP contribution is 2.37. The molecule has 1 saturated heterocycles. The van der Waals surface area contributed by atoms with Gasteiger partial charge < -0.3 is 19.7 Å². The van der Waals surface area contributed by atoms with E-state index in [9.17, 15) is 18.0 Å². The molecular weight excluding hydrogens is 533 g/mol. The molecule has 5 rings (SSSR count). The van der Waals surface area contributed by atoms with E-state index in [1.165, 1.54) is 18.5 Å². The van der Waals surface area contributed by atoms with Gasteiger partial charge in [0.25, 0.3) is 0 Å². The van der Waals surface area contributed by atoms with Gasteiger partial charge in [-0.25, -0.2) is 9.97 Å². The van der Waals surface area contributed by atoms with E-state index in [4.69, 9.17) is 9.47 Å². The number of hydrogen-bond donors (Lipinski definition) is 1. The van der Waals surface area contributed by atoms with Crippen LogP contribution in [0.25, 0.3) is 22.2 Å². The van der Waals surface area contributed by atoms with Crippen molar-refractivity contribution in [2.45, 2.75) is 38.5 Å². The minimum atomic E-state index is -4.41. The lowest BCUT2D eigenvalue weighted by Gasteiger charge is -2.31. The molecule has 41 heavy (non-hydrogen) atoms. The largest absolute Gasteiger partial charge is 0.493 e. The number of methoxy groups -OCH3 is 1. The molecule has 0 bridgehead atoms. The Morgan fingerprint density at radius 1 is 1.00 bits per heavy atom. The molecule has 214 valence electrons. The summed E-state index contributed by atoms with van der Waals surface area (Å²) in [4.78, 5) is 23.9. The molecule has 0 saturated carbocycles. The number of aromatic nitrogens is 2. The van der Waals surface area contributed by atoms with E-state index in [1.54, 1.807) is 19.2 Å². The lowest BCUT2D eigenvalue weighted by atomic mass is 10.0. The molecule has 1 fully saturated rings. The number of nitrogens with one attached hydrogen (secondary N) is 1. The number of piperidine rings is 1. The van der Waals surface area contributed by atoms with E-state index < -0.39 is 11.7 Å². The van der Waals surface area contributed by atoms with Crippen LogP contribution in [-0.2, 0) is 17.4 Å². The number of hydrogen-bond acceptors (Lipinski definition) is 6. The highest BCUT2D eigenvalue weighted by molar-refractivity contribution is 5.95. The average Bonchev–Trinajstić information content (AvgIpc) is 2.97. The third-order valence-corrected chi connectivity index (χ3v) is 7.28. The summed E-state index contributed by atoms with van der Waals surface area (Å²) in [5, 5.41) is 3.61. The first-order valence-electron chi connectivity index (χ1n) is 13.5. The van der Waals surface area contributed by atoms with E-state index in [-0.39, 0.29) is 18.4 Å². The van der Waals surface area contributed by atoms with Crippen molar-refractivity contribution < 1.29 is 27.4 Å². The third-order valence-electron chi connectivity index (χ3n) is 7.28. The summed E-state index contributed by atoms with van der Waals surface area (Å²) in [6, 6.07) is 15.6. The van der Waals surface area contributed by atoms with Gasteiger partial charge in [-0.1, -0.05) is 31.2 Å². The zero-order chi connectivity index (χ0) is 29.0. The van der Waals surface area contributed by atoms with Gasteiger partial charge in [0.15, 0.2) is 11.5 Å². The summed E-state index contributed by atoms with van der Waals surface area (Å²) in [7, 11) is 1.61. The first-order valence-corrected chi connectivity index (χ1v) is 13.5. The van der Waals surface area contributed by atoms with E-state index in [0.717, 1.165) is 55.6 Å². The number of fused-ring (bicyclic) bond motifs is 1. The van der Waals surface area contributed by atoms with Crippen molar-refractivity contribution in [3.8, 4) is 22.8 Å². The van der Waals surface area contributed by atoms with Crippen molar-refractivity contribution >= 4 is 22.5 Å². The fraction of sp³-hybridized carbons (Fsp3) is 0.323. The molecule has 0 atom stereocenters. The second-order valence-electron chi connectivity index (χ2n) is 9.99. The van der Waals surface area contributed by atoms with Crippen LogP contribution in [0.15, 0.2) is 67.0 Å². The molecule has 1 aliphatic heterocycles. The number of rotatable bonds is 8. The van der Waals surface area contributed by atoms with Crippen LogP contribution >= 0.6 is 0 Å². The number of benzene rings is 3. The number of ether oxygens (including phenoxy) is 2. The van der Waals surface area contributed by atoms with Gasteiger partial charge in [0.1, 0.15) is 12.4 Å². The Hall–Kier alpha value is -4.18. The second-order valence-corrected chi connectivity index (χ2v) is 9.99. The second kappa shape index (κ2) is 12.1. The Labute approximate surface area is 236 Å². The molecular formula is C31H31F3N4O3. The van der Waals surface area contributed by atoms with E-state index in [0.29, 0.717) is 34.0 Å². The molecule has 2 heterocycles. The lowest BCUT2D eigenvalue weighted by Crippen LogP contribution is -2.38. The Morgan fingerprint density at radius 2 is 1.71 bits per heavy atom. The highest BCUT2D eigenvalue weighted by atomic mass is 19.4. The number of alkyl halides is 3. The number of carbonyl (C=O) groups excluding carboxylic acids is 1. The van der Waals surface area contributed by atoms with Gasteiger partial charge in [0.05, 0.1) is 30.3 Å². The maximum atomic E-state index is 12.8. The first kappa shape index (κ1) is 28.4. The SMILES string of the molecule is CCN1CCC(Oc2cc3c(-c4ccc(NC(=O)Cc5ccc(C(F)(F)F)cc5)cc4)ncnc3cc2OC)CC1. The minimum Gasteiger partial charge on any atom is -0.493 e. The average molecular weight is 565 g/mol. The van der Waals surface area contributed by atoms with Crippen LogP contribution in [-0.4, -0.2) is 53.6 Å². The van der Waals surface area contributed by atoms with Crippen molar-refractivity contribution in [2.24, 2.45) is 0 Å². The van der Waals surface area contributed by atoms with Crippen LogP contribution in [0.1, 0.15) is 30.9 Å². The monoisotopic (exact) mass is 564 g/mol. The van der Waals surface area contributed by atoms with Gasteiger partial charge in [-0.2, -0.15) is 13.2 Å². The molecule has 0 radical (unpaired) electrons. The highest BCUT2D eigenvalue weighted by Gasteiger charge is 2.30. The van der Waals surface area contributed by atoms with Gasteiger partial charge in [0.2, 0.25) is 5.91 Å². The molecule has 0 aliphatic carbocycles. The Kier molecular flexibility index (Phi) is 8.39. The van der Waals surface area contributed by atoms with Crippen LogP contribution in [0.5, 0.6) is 11.5 Å². The van der Waals surface area contributed by atoms with Crippen molar-refractivity contribution in [1.82, 2.24) is 14.9 Å². The molecule has 1 N–H and O–H groups in total. The first-order chi connectivity index (χ1) is 19.7. The maximum Gasteiger partial charge on any atom is 0.416 e.